The Kier molecular flexibility index (Phi) is 6.70. The molecule has 0 saturated heterocycles. The molecule has 0 fully saturated rings. The monoisotopic (exact) mass is 494 g/mol. The fraction of sp³-hybridized carbons (Fsp3) is 0.154. The van der Waals surface area contributed by atoms with Crippen molar-refractivity contribution in [3.8, 4) is 5.75 Å². The van der Waals surface area contributed by atoms with Crippen LogP contribution in [0.4, 0.5) is 10.1 Å². The number of amides is 1. The summed E-state index contributed by atoms with van der Waals surface area (Å²) in [6, 6.07) is 16.2. The van der Waals surface area contributed by atoms with Gasteiger partial charge in [-0.25, -0.2) is 12.8 Å². The van der Waals surface area contributed by atoms with Crippen LogP contribution in [0.25, 0.3) is 10.9 Å². The lowest BCUT2D eigenvalue weighted by atomic mass is 10.2. The number of hydrogen-bond donors (Lipinski definition) is 1. The Morgan fingerprint density at radius 2 is 1.80 bits per heavy atom. The molecule has 1 amide bonds. The number of aryl methyl sites for hydroxylation is 1. The molecule has 3 aromatic carbocycles. The Morgan fingerprint density at radius 1 is 1.06 bits per heavy atom. The van der Waals surface area contributed by atoms with E-state index in [1.807, 2.05) is 19.1 Å². The molecule has 4 rings (SSSR count). The van der Waals surface area contributed by atoms with Crippen LogP contribution in [0.15, 0.2) is 87.5 Å². The van der Waals surface area contributed by atoms with Gasteiger partial charge in [0.2, 0.25) is 21.2 Å². The van der Waals surface area contributed by atoms with E-state index in [1.165, 1.54) is 10.6 Å². The number of nitrogens with zero attached hydrogens (tertiary/aromatic N) is 1. The normalized spacial score (nSPS) is 11.4. The van der Waals surface area contributed by atoms with Crippen molar-refractivity contribution in [3.05, 3.63) is 94.5 Å². The molecule has 0 spiro atoms. The van der Waals surface area contributed by atoms with E-state index in [0.717, 1.165) is 36.0 Å². The Labute approximate surface area is 201 Å². The van der Waals surface area contributed by atoms with Crippen molar-refractivity contribution >= 4 is 32.3 Å². The third-order valence-electron chi connectivity index (χ3n) is 5.36. The number of carbonyl (C=O) groups is 1. The largest absolute Gasteiger partial charge is 0.494 e. The van der Waals surface area contributed by atoms with Gasteiger partial charge in [0.1, 0.15) is 23.0 Å². The van der Waals surface area contributed by atoms with E-state index in [-0.39, 0.29) is 16.8 Å². The van der Waals surface area contributed by atoms with Gasteiger partial charge in [0.25, 0.3) is 0 Å². The third kappa shape index (κ3) is 5.09. The lowest BCUT2D eigenvalue weighted by Gasteiger charge is -2.15. The number of ether oxygens (including phenoxy) is 1. The van der Waals surface area contributed by atoms with E-state index in [1.54, 1.807) is 31.2 Å². The van der Waals surface area contributed by atoms with Gasteiger partial charge in [-0.3, -0.25) is 9.59 Å². The zero-order valence-electron chi connectivity index (χ0n) is 19.1. The summed E-state index contributed by atoms with van der Waals surface area (Å²) in [5, 5.41) is 2.87. The molecule has 35 heavy (non-hydrogen) atoms. The fourth-order valence-electron chi connectivity index (χ4n) is 3.75. The number of rotatable bonds is 7. The summed E-state index contributed by atoms with van der Waals surface area (Å²) in [5.74, 6) is -0.613. The molecule has 9 heteroatoms. The van der Waals surface area contributed by atoms with Gasteiger partial charge >= 0.3 is 0 Å². The average Bonchev–Trinajstić information content (AvgIpc) is 2.81. The second-order valence-corrected chi connectivity index (χ2v) is 9.86. The Bertz CT molecular complexity index is 1580. The highest BCUT2D eigenvalue weighted by molar-refractivity contribution is 7.91. The van der Waals surface area contributed by atoms with Crippen molar-refractivity contribution < 1.29 is 22.3 Å². The summed E-state index contributed by atoms with van der Waals surface area (Å²) in [6.45, 7) is 3.79. The standard InChI is InChI=1S/C26H23FN2O5S/c1-3-34-20-9-12-23-22(14-20)26(31)24(35(32,33)21-10-7-18(27)8-11-21)15-29(23)16-25(30)28-19-6-4-5-17(2)13-19/h4-15H,3,16H2,1-2H3,(H,28,30). The molecule has 0 aliphatic carbocycles. The number of fused-ring (bicyclic) bond motifs is 1. The number of sulfone groups is 1. The van der Waals surface area contributed by atoms with Crippen LogP contribution in [0.3, 0.4) is 0 Å². The first-order chi connectivity index (χ1) is 16.7. The molecule has 0 saturated carbocycles. The van der Waals surface area contributed by atoms with Gasteiger partial charge in [-0.05, 0) is 74.0 Å². The highest BCUT2D eigenvalue weighted by Gasteiger charge is 2.24. The molecule has 0 radical (unpaired) electrons. The van der Waals surface area contributed by atoms with Crippen molar-refractivity contribution in [1.29, 1.82) is 0 Å². The summed E-state index contributed by atoms with van der Waals surface area (Å²) in [4.78, 5) is 25.4. The Morgan fingerprint density at radius 3 is 2.49 bits per heavy atom. The molecule has 0 aliphatic rings. The Balaban J connectivity index is 1.84. The first-order valence-electron chi connectivity index (χ1n) is 10.9. The van der Waals surface area contributed by atoms with Crippen LogP contribution in [0.1, 0.15) is 12.5 Å². The minimum atomic E-state index is -4.30. The van der Waals surface area contributed by atoms with E-state index < -0.39 is 31.9 Å². The van der Waals surface area contributed by atoms with Crippen LogP contribution in [-0.2, 0) is 21.2 Å². The quantitative estimate of drug-likeness (QED) is 0.386. The number of anilines is 1. The summed E-state index contributed by atoms with van der Waals surface area (Å²) in [5.41, 5.74) is 1.20. The van der Waals surface area contributed by atoms with E-state index in [2.05, 4.69) is 5.32 Å². The smallest absolute Gasteiger partial charge is 0.244 e. The van der Waals surface area contributed by atoms with Gasteiger partial charge in [0.15, 0.2) is 0 Å². The molecular weight excluding hydrogens is 471 g/mol. The van der Waals surface area contributed by atoms with Crippen molar-refractivity contribution in [2.75, 3.05) is 11.9 Å². The number of nitrogens with one attached hydrogen (secondary N) is 1. The maximum atomic E-state index is 13.4. The summed E-state index contributed by atoms with van der Waals surface area (Å²) < 4.78 is 46.9. The van der Waals surface area contributed by atoms with Crippen LogP contribution < -0.4 is 15.5 Å². The highest BCUT2D eigenvalue weighted by Crippen LogP contribution is 2.24. The number of halogens is 1. The Hall–Kier alpha value is -3.98. The SMILES string of the molecule is CCOc1ccc2c(c1)c(=O)c(S(=O)(=O)c1ccc(F)cc1)cn2CC(=O)Nc1cccc(C)c1. The minimum absolute atomic E-state index is 0.0856. The minimum Gasteiger partial charge on any atom is -0.494 e. The average molecular weight is 495 g/mol. The highest BCUT2D eigenvalue weighted by atomic mass is 32.2. The molecule has 0 bridgehead atoms. The number of aromatic nitrogens is 1. The number of benzene rings is 3. The van der Waals surface area contributed by atoms with E-state index in [9.17, 15) is 22.4 Å². The topological polar surface area (TPSA) is 94.5 Å². The zero-order valence-corrected chi connectivity index (χ0v) is 19.9. The van der Waals surface area contributed by atoms with Crippen molar-refractivity contribution in [2.24, 2.45) is 0 Å². The van der Waals surface area contributed by atoms with Crippen LogP contribution >= 0.6 is 0 Å². The van der Waals surface area contributed by atoms with Gasteiger partial charge in [-0.1, -0.05) is 12.1 Å². The molecule has 1 heterocycles. The van der Waals surface area contributed by atoms with Gasteiger partial charge in [-0.2, -0.15) is 0 Å². The van der Waals surface area contributed by atoms with Crippen LogP contribution in [0, 0.1) is 12.7 Å². The molecule has 0 atom stereocenters. The van der Waals surface area contributed by atoms with Crippen LogP contribution in [0.5, 0.6) is 5.75 Å². The first-order valence-corrected chi connectivity index (χ1v) is 12.3. The molecule has 1 N–H and O–H groups in total. The number of pyridine rings is 1. The maximum Gasteiger partial charge on any atom is 0.244 e. The molecule has 7 nitrogen and oxygen atoms in total. The lowest BCUT2D eigenvalue weighted by molar-refractivity contribution is -0.116. The van der Waals surface area contributed by atoms with Gasteiger partial charge in [0.05, 0.1) is 22.4 Å². The van der Waals surface area contributed by atoms with E-state index in [0.29, 0.717) is 23.6 Å². The van der Waals surface area contributed by atoms with Gasteiger partial charge < -0.3 is 14.6 Å². The van der Waals surface area contributed by atoms with Crippen molar-refractivity contribution in [3.63, 3.8) is 0 Å². The fourth-order valence-corrected chi connectivity index (χ4v) is 5.12. The van der Waals surface area contributed by atoms with E-state index >= 15 is 0 Å². The van der Waals surface area contributed by atoms with Crippen LogP contribution in [0.2, 0.25) is 0 Å². The second-order valence-electron chi connectivity index (χ2n) is 7.94. The molecule has 0 unspecified atom stereocenters. The van der Waals surface area contributed by atoms with Crippen molar-refractivity contribution in [2.45, 2.75) is 30.2 Å². The third-order valence-corrected chi connectivity index (χ3v) is 7.12. The summed E-state index contributed by atoms with van der Waals surface area (Å²) in [6.07, 6.45) is 1.15. The lowest BCUT2D eigenvalue weighted by Crippen LogP contribution is -2.24. The molecule has 1 aromatic heterocycles. The predicted molar refractivity (Wildman–Crippen MR) is 131 cm³/mol. The molecule has 0 aliphatic heterocycles. The molecule has 180 valence electrons. The zero-order chi connectivity index (χ0) is 25.2. The van der Waals surface area contributed by atoms with Crippen LogP contribution in [-0.4, -0.2) is 25.5 Å². The summed E-state index contributed by atoms with van der Waals surface area (Å²) in [7, 11) is -4.30. The van der Waals surface area contributed by atoms with Crippen molar-refractivity contribution in [1.82, 2.24) is 4.57 Å². The van der Waals surface area contributed by atoms with Gasteiger partial charge in [-0.15, -0.1) is 0 Å². The summed E-state index contributed by atoms with van der Waals surface area (Å²) >= 11 is 0. The van der Waals surface area contributed by atoms with E-state index in [4.69, 9.17) is 4.74 Å². The van der Waals surface area contributed by atoms with Gasteiger partial charge in [0, 0.05) is 11.9 Å². The first kappa shape index (κ1) is 24.2. The molecular formula is C26H23FN2O5S. The number of hydrogen-bond acceptors (Lipinski definition) is 5. The second kappa shape index (κ2) is 9.71. The predicted octanol–water partition coefficient (Wildman–Crippen LogP) is 4.32. The maximum absolute atomic E-state index is 13.4. The molecule has 4 aromatic rings. The number of carbonyl (C=O) groups excluding carboxylic acids is 1.